The van der Waals surface area contributed by atoms with Gasteiger partial charge in [-0.15, -0.1) is 0 Å². The maximum atomic E-state index is 12.7. The van der Waals surface area contributed by atoms with Gasteiger partial charge in [0.1, 0.15) is 10.7 Å². The molecule has 1 heterocycles. The van der Waals surface area contributed by atoms with Crippen molar-refractivity contribution in [3.05, 3.63) is 68.3 Å². The molecule has 0 aliphatic carbocycles. The molecule has 0 saturated heterocycles. The second-order valence-corrected chi connectivity index (χ2v) is 6.87. The molecule has 0 spiro atoms. The molecule has 0 fully saturated rings. The van der Waals surface area contributed by atoms with Crippen molar-refractivity contribution >= 4 is 58.0 Å². The lowest BCUT2D eigenvalue weighted by Crippen LogP contribution is -2.32. The highest BCUT2D eigenvalue weighted by Crippen LogP contribution is 2.33. The Hall–Kier alpha value is -2.01. The number of nitrogens with one attached hydrogen (secondary N) is 1. The van der Waals surface area contributed by atoms with Crippen LogP contribution in [0.4, 0.5) is 11.4 Å². The Kier molecular flexibility index (Phi) is 4.78. The standard InChI is InChI=1S/C18H13Cl3N2O2/c1-9-4-6-12(8-13(9)20)23-17(24)15(21)16(18(23)25)22-14-7-11(19)5-3-10(14)2/h3-8,22H,1-2H3. The molecule has 2 amide bonds. The van der Waals surface area contributed by atoms with E-state index in [1.54, 1.807) is 36.4 Å². The van der Waals surface area contributed by atoms with Gasteiger partial charge in [0.25, 0.3) is 11.8 Å². The Balaban J connectivity index is 1.96. The Bertz CT molecular complexity index is 938. The van der Waals surface area contributed by atoms with Gasteiger partial charge >= 0.3 is 0 Å². The highest BCUT2D eigenvalue weighted by atomic mass is 35.5. The molecule has 0 bridgehead atoms. The van der Waals surface area contributed by atoms with E-state index < -0.39 is 11.8 Å². The van der Waals surface area contributed by atoms with Crippen molar-refractivity contribution in [3.63, 3.8) is 0 Å². The normalized spacial score (nSPS) is 14.5. The summed E-state index contributed by atoms with van der Waals surface area (Å²) in [4.78, 5) is 26.2. The lowest BCUT2D eigenvalue weighted by atomic mass is 10.2. The fourth-order valence-electron chi connectivity index (χ4n) is 2.43. The van der Waals surface area contributed by atoms with Crippen molar-refractivity contribution in [2.24, 2.45) is 0 Å². The summed E-state index contributed by atoms with van der Waals surface area (Å²) in [6, 6.07) is 10.1. The number of rotatable bonds is 3. The van der Waals surface area contributed by atoms with E-state index in [1.807, 2.05) is 13.8 Å². The minimum Gasteiger partial charge on any atom is -0.349 e. The predicted octanol–water partition coefficient (Wildman–Crippen LogP) is 5.05. The summed E-state index contributed by atoms with van der Waals surface area (Å²) in [5, 5.41) is 3.71. The number of amides is 2. The van der Waals surface area contributed by atoms with Gasteiger partial charge in [-0.1, -0.05) is 46.9 Å². The number of carbonyl (C=O) groups excluding carboxylic acids is 2. The lowest BCUT2D eigenvalue weighted by Gasteiger charge is -2.16. The average Bonchev–Trinajstić information content (AvgIpc) is 2.77. The molecule has 2 aromatic carbocycles. The van der Waals surface area contributed by atoms with Gasteiger partial charge in [-0.05, 0) is 49.2 Å². The average molecular weight is 396 g/mol. The number of imide groups is 1. The van der Waals surface area contributed by atoms with Crippen molar-refractivity contribution in [1.82, 2.24) is 0 Å². The summed E-state index contributed by atoms with van der Waals surface area (Å²) in [6.07, 6.45) is 0. The first-order valence-corrected chi connectivity index (χ1v) is 8.51. The second-order valence-electron chi connectivity index (χ2n) is 5.65. The zero-order valence-electron chi connectivity index (χ0n) is 13.4. The fraction of sp³-hybridized carbons (Fsp3) is 0.111. The molecule has 0 saturated carbocycles. The first kappa shape index (κ1) is 17.8. The van der Waals surface area contributed by atoms with Crippen LogP contribution in [0.5, 0.6) is 0 Å². The van der Waals surface area contributed by atoms with E-state index in [9.17, 15) is 9.59 Å². The van der Waals surface area contributed by atoms with Gasteiger partial charge in [0.05, 0.1) is 5.69 Å². The number of anilines is 2. The quantitative estimate of drug-likeness (QED) is 0.740. The maximum absolute atomic E-state index is 12.7. The molecule has 25 heavy (non-hydrogen) atoms. The van der Waals surface area contributed by atoms with Crippen molar-refractivity contribution in [2.45, 2.75) is 13.8 Å². The number of hydrogen-bond acceptors (Lipinski definition) is 3. The number of nitrogens with zero attached hydrogens (tertiary/aromatic N) is 1. The fourth-order valence-corrected chi connectivity index (χ4v) is 2.99. The smallest absolute Gasteiger partial charge is 0.283 e. The number of carbonyl (C=O) groups is 2. The van der Waals surface area contributed by atoms with E-state index in [1.165, 1.54) is 0 Å². The third-order valence-corrected chi connectivity index (χ3v) is 4.89. The Morgan fingerprint density at radius 2 is 1.56 bits per heavy atom. The Morgan fingerprint density at radius 1 is 0.880 bits per heavy atom. The van der Waals surface area contributed by atoms with Gasteiger partial charge < -0.3 is 5.32 Å². The van der Waals surface area contributed by atoms with Crippen molar-refractivity contribution < 1.29 is 9.59 Å². The molecule has 0 aromatic heterocycles. The topological polar surface area (TPSA) is 49.4 Å². The summed E-state index contributed by atoms with van der Waals surface area (Å²) >= 11 is 18.2. The largest absolute Gasteiger partial charge is 0.349 e. The van der Waals surface area contributed by atoms with E-state index in [2.05, 4.69) is 5.32 Å². The number of aryl methyl sites for hydroxylation is 2. The van der Waals surface area contributed by atoms with Crippen molar-refractivity contribution in [2.75, 3.05) is 10.2 Å². The lowest BCUT2D eigenvalue weighted by molar-refractivity contribution is -0.120. The molecule has 1 aliphatic rings. The van der Waals surface area contributed by atoms with Crippen LogP contribution in [0.25, 0.3) is 0 Å². The monoisotopic (exact) mass is 394 g/mol. The predicted molar refractivity (Wildman–Crippen MR) is 101 cm³/mol. The van der Waals surface area contributed by atoms with Gasteiger partial charge in [0, 0.05) is 15.7 Å². The molecule has 4 nitrogen and oxygen atoms in total. The van der Waals surface area contributed by atoms with Gasteiger partial charge in [0.15, 0.2) is 0 Å². The van der Waals surface area contributed by atoms with Crippen LogP contribution in [0.2, 0.25) is 10.0 Å². The van der Waals surface area contributed by atoms with Crippen LogP contribution >= 0.6 is 34.8 Å². The van der Waals surface area contributed by atoms with Gasteiger partial charge in [-0.2, -0.15) is 0 Å². The summed E-state index contributed by atoms with van der Waals surface area (Å²) < 4.78 is 0. The van der Waals surface area contributed by atoms with Gasteiger partial charge in [-0.25, -0.2) is 4.90 Å². The molecule has 0 atom stereocenters. The van der Waals surface area contributed by atoms with Crippen LogP contribution < -0.4 is 10.2 Å². The minimum atomic E-state index is -0.603. The molecular formula is C18H13Cl3N2O2. The highest BCUT2D eigenvalue weighted by molar-refractivity contribution is 6.53. The maximum Gasteiger partial charge on any atom is 0.283 e. The van der Waals surface area contributed by atoms with E-state index in [0.717, 1.165) is 16.0 Å². The molecule has 1 aliphatic heterocycles. The first-order valence-electron chi connectivity index (χ1n) is 7.37. The SMILES string of the molecule is Cc1ccc(N2C(=O)C(Cl)=C(Nc3cc(Cl)ccc3C)C2=O)cc1Cl. The number of hydrogen-bond donors (Lipinski definition) is 1. The molecule has 0 radical (unpaired) electrons. The molecule has 0 unspecified atom stereocenters. The number of halogens is 3. The first-order chi connectivity index (χ1) is 11.8. The molecule has 7 heteroatoms. The summed E-state index contributed by atoms with van der Waals surface area (Å²) in [7, 11) is 0. The zero-order chi connectivity index (χ0) is 18.3. The highest BCUT2D eigenvalue weighted by Gasteiger charge is 2.39. The third-order valence-electron chi connectivity index (χ3n) is 3.90. The summed E-state index contributed by atoms with van der Waals surface area (Å²) in [5.74, 6) is -1.15. The van der Waals surface area contributed by atoms with Crippen molar-refractivity contribution in [3.8, 4) is 0 Å². The van der Waals surface area contributed by atoms with Crippen molar-refractivity contribution in [1.29, 1.82) is 0 Å². The second kappa shape index (κ2) is 6.71. The summed E-state index contributed by atoms with van der Waals surface area (Å²) in [5.41, 5.74) is 2.68. The Morgan fingerprint density at radius 3 is 2.24 bits per heavy atom. The molecule has 128 valence electrons. The van der Waals surface area contributed by atoms with Crippen LogP contribution in [0.3, 0.4) is 0 Å². The third kappa shape index (κ3) is 3.25. The van der Waals surface area contributed by atoms with E-state index in [-0.39, 0.29) is 10.7 Å². The number of benzene rings is 2. The van der Waals surface area contributed by atoms with Crippen LogP contribution in [-0.2, 0) is 9.59 Å². The minimum absolute atomic E-state index is 0.00808. The Labute approximate surface area is 160 Å². The van der Waals surface area contributed by atoms with Crippen LogP contribution in [0.15, 0.2) is 47.1 Å². The van der Waals surface area contributed by atoms with E-state index in [0.29, 0.717) is 21.4 Å². The van der Waals surface area contributed by atoms with E-state index >= 15 is 0 Å². The van der Waals surface area contributed by atoms with E-state index in [4.69, 9.17) is 34.8 Å². The molecular weight excluding hydrogens is 383 g/mol. The zero-order valence-corrected chi connectivity index (χ0v) is 15.6. The molecule has 2 aromatic rings. The van der Waals surface area contributed by atoms with Crippen LogP contribution in [-0.4, -0.2) is 11.8 Å². The molecule has 1 N–H and O–H groups in total. The van der Waals surface area contributed by atoms with Gasteiger partial charge in [-0.3, -0.25) is 9.59 Å². The summed E-state index contributed by atoms with van der Waals surface area (Å²) in [6.45, 7) is 3.69. The molecule has 3 rings (SSSR count). The van der Waals surface area contributed by atoms with Crippen LogP contribution in [0, 0.1) is 13.8 Å². The van der Waals surface area contributed by atoms with Gasteiger partial charge in [0.2, 0.25) is 0 Å². The van der Waals surface area contributed by atoms with Crippen LogP contribution in [0.1, 0.15) is 11.1 Å².